The second-order valence-corrected chi connectivity index (χ2v) is 8.16. The predicted octanol–water partition coefficient (Wildman–Crippen LogP) is 0.477. The SMILES string of the molecule is O=C(c1ccc(F)c(F)c1)N(CCO)[C@@H]1OC(CO)[C@H](O)[C@H](n2cc(-c3cccc(F)c3)nn2)C1O. The van der Waals surface area contributed by atoms with Crippen molar-refractivity contribution in [1.29, 1.82) is 0 Å². The Labute approximate surface area is 202 Å². The lowest BCUT2D eigenvalue weighted by Crippen LogP contribution is -2.62. The Kier molecular flexibility index (Phi) is 7.66. The van der Waals surface area contributed by atoms with Crippen LogP contribution < -0.4 is 0 Å². The number of carbonyl (C=O) groups is 1. The topological polar surface area (TPSA) is 141 Å². The van der Waals surface area contributed by atoms with Crippen LogP contribution >= 0.6 is 0 Å². The monoisotopic (exact) mass is 508 g/mol. The van der Waals surface area contributed by atoms with Gasteiger partial charge in [0.1, 0.15) is 35.9 Å². The molecule has 0 saturated carbocycles. The van der Waals surface area contributed by atoms with Gasteiger partial charge in [-0.1, -0.05) is 17.3 Å². The fraction of sp³-hybridized carbons (Fsp3) is 0.348. The highest BCUT2D eigenvalue weighted by atomic mass is 19.2. The van der Waals surface area contributed by atoms with E-state index >= 15 is 0 Å². The lowest BCUT2D eigenvalue weighted by Gasteiger charge is -2.46. The zero-order valence-corrected chi connectivity index (χ0v) is 18.7. The number of hydrogen-bond acceptors (Lipinski definition) is 8. The second kappa shape index (κ2) is 10.7. The Morgan fingerprint density at radius 3 is 2.50 bits per heavy atom. The Bertz CT molecular complexity index is 1230. The number of aromatic nitrogens is 3. The molecule has 1 saturated heterocycles. The molecular weight excluding hydrogens is 485 g/mol. The van der Waals surface area contributed by atoms with Gasteiger partial charge in [-0.05, 0) is 30.3 Å². The average Bonchev–Trinajstić information content (AvgIpc) is 3.34. The van der Waals surface area contributed by atoms with E-state index in [2.05, 4.69) is 10.3 Å². The maximum Gasteiger partial charge on any atom is 0.256 e. The number of hydrogen-bond donors (Lipinski definition) is 4. The molecule has 192 valence electrons. The van der Waals surface area contributed by atoms with E-state index < -0.39 is 67.2 Å². The van der Waals surface area contributed by atoms with E-state index in [4.69, 9.17) is 4.74 Å². The van der Waals surface area contributed by atoms with Crippen LogP contribution in [0.5, 0.6) is 0 Å². The smallest absolute Gasteiger partial charge is 0.256 e. The Hall–Kier alpha value is -3.36. The summed E-state index contributed by atoms with van der Waals surface area (Å²) in [4.78, 5) is 14.0. The number of nitrogens with zero attached hydrogens (tertiary/aromatic N) is 4. The van der Waals surface area contributed by atoms with Gasteiger partial charge in [0.25, 0.3) is 5.91 Å². The first-order valence-electron chi connectivity index (χ1n) is 10.9. The van der Waals surface area contributed by atoms with Crippen molar-refractivity contribution >= 4 is 5.91 Å². The standard InChI is InChI=1S/C23H23F3N4O6/c24-14-3-1-2-12(8-14)17-10-30(28-27-17)19-20(33)18(11-32)36-23(21(19)34)29(6-7-31)22(35)13-4-5-15(25)16(26)9-13/h1-5,8-10,18-21,23,31-34H,6-7,11H2/t18?,19-,20-,21?,23+/m0/s1. The van der Waals surface area contributed by atoms with Gasteiger partial charge in [-0.2, -0.15) is 0 Å². The summed E-state index contributed by atoms with van der Waals surface area (Å²) in [6.45, 7) is -1.67. The summed E-state index contributed by atoms with van der Waals surface area (Å²) in [7, 11) is 0. The van der Waals surface area contributed by atoms with Gasteiger partial charge in [-0.15, -0.1) is 5.10 Å². The number of halogens is 3. The minimum atomic E-state index is -1.68. The van der Waals surface area contributed by atoms with Crippen LogP contribution in [0.4, 0.5) is 13.2 Å². The number of rotatable bonds is 7. The lowest BCUT2D eigenvalue weighted by atomic mass is 9.94. The number of benzene rings is 2. The van der Waals surface area contributed by atoms with Crippen LogP contribution in [0.2, 0.25) is 0 Å². The molecule has 1 aromatic heterocycles. The van der Waals surface area contributed by atoms with Crippen LogP contribution in [0.25, 0.3) is 11.3 Å². The first kappa shape index (κ1) is 25.7. The van der Waals surface area contributed by atoms with Crippen molar-refractivity contribution in [1.82, 2.24) is 19.9 Å². The predicted molar refractivity (Wildman–Crippen MR) is 117 cm³/mol. The van der Waals surface area contributed by atoms with Crippen molar-refractivity contribution in [2.75, 3.05) is 19.8 Å². The molecule has 0 bridgehead atoms. The van der Waals surface area contributed by atoms with E-state index in [1.165, 1.54) is 24.4 Å². The molecule has 2 aromatic carbocycles. The van der Waals surface area contributed by atoms with E-state index in [9.17, 15) is 38.4 Å². The Morgan fingerprint density at radius 1 is 1.06 bits per heavy atom. The first-order valence-corrected chi connectivity index (χ1v) is 10.9. The van der Waals surface area contributed by atoms with Crippen LogP contribution in [0.3, 0.4) is 0 Å². The summed E-state index contributed by atoms with van der Waals surface area (Å²) in [6, 6.07) is 6.66. The molecular formula is C23H23F3N4O6. The van der Waals surface area contributed by atoms with Crippen LogP contribution in [-0.4, -0.2) is 90.5 Å². The molecule has 1 aliphatic heterocycles. The minimum Gasteiger partial charge on any atom is -0.395 e. The van der Waals surface area contributed by atoms with Crippen molar-refractivity contribution < 1.29 is 43.1 Å². The highest BCUT2D eigenvalue weighted by Crippen LogP contribution is 2.33. The molecule has 2 heterocycles. The fourth-order valence-corrected chi connectivity index (χ4v) is 4.10. The van der Waals surface area contributed by atoms with Crippen LogP contribution in [-0.2, 0) is 4.74 Å². The van der Waals surface area contributed by atoms with Crippen LogP contribution in [0, 0.1) is 17.5 Å². The fourth-order valence-electron chi connectivity index (χ4n) is 4.10. The van der Waals surface area contributed by atoms with E-state index in [0.717, 1.165) is 21.7 Å². The molecule has 3 aromatic rings. The van der Waals surface area contributed by atoms with E-state index in [0.29, 0.717) is 11.6 Å². The summed E-state index contributed by atoms with van der Waals surface area (Å²) in [5.41, 5.74) is 0.320. The van der Waals surface area contributed by atoms with Gasteiger partial charge in [-0.3, -0.25) is 4.79 Å². The maximum absolute atomic E-state index is 13.7. The zero-order chi connectivity index (χ0) is 26.0. The summed E-state index contributed by atoms with van der Waals surface area (Å²) >= 11 is 0. The Balaban J connectivity index is 1.68. The van der Waals surface area contributed by atoms with Gasteiger partial charge in [0.15, 0.2) is 17.9 Å². The largest absolute Gasteiger partial charge is 0.395 e. The average molecular weight is 508 g/mol. The van der Waals surface area contributed by atoms with Crippen molar-refractivity contribution in [3.05, 3.63) is 71.7 Å². The highest BCUT2D eigenvalue weighted by Gasteiger charge is 2.49. The second-order valence-electron chi connectivity index (χ2n) is 8.16. The molecule has 5 atom stereocenters. The third kappa shape index (κ3) is 4.96. The maximum atomic E-state index is 13.7. The van der Waals surface area contributed by atoms with Gasteiger partial charge in [0.05, 0.1) is 19.4 Å². The van der Waals surface area contributed by atoms with Crippen molar-refractivity contribution in [2.45, 2.75) is 30.6 Å². The number of amides is 1. The molecule has 4 N–H and O–H groups in total. The van der Waals surface area contributed by atoms with E-state index in [1.807, 2.05) is 0 Å². The Morgan fingerprint density at radius 2 is 1.83 bits per heavy atom. The van der Waals surface area contributed by atoms with Gasteiger partial charge < -0.3 is 30.1 Å². The number of ether oxygens (including phenoxy) is 1. The van der Waals surface area contributed by atoms with Gasteiger partial charge >= 0.3 is 0 Å². The van der Waals surface area contributed by atoms with Crippen molar-refractivity contribution in [3.8, 4) is 11.3 Å². The minimum absolute atomic E-state index is 0.225. The number of carbonyl (C=O) groups excluding carboxylic acids is 1. The molecule has 13 heteroatoms. The van der Waals surface area contributed by atoms with E-state index in [1.54, 1.807) is 6.07 Å². The highest BCUT2D eigenvalue weighted by molar-refractivity contribution is 5.94. The van der Waals surface area contributed by atoms with Gasteiger partial charge in [-0.25, -0.2) is 17.9 Å². The molecule has 0 spiro atoms. The molecule has 1 fully saturated rings. The van der Waals surface area contributed by atoms with Crippen molar-refractivity contribution in [2.24, 2.45) is 0 Å². The number of aliphatic hydroxyl groups is 4. The number of aliphatic hydroxyl groups excluding tert-OH is 4. The summed E-state index contributed by atoms with van der Waals surface area (Å²) in [6.07, 6.45) is -4.69. The lowest BCUT2D eigenvalue weighted by molar-refractivity contribution is -0.239. The third-order valence-electron chi connectivity index (χ3n) is 5.88. The molecule has 0 radical (unpaired) electrons. The normalized spacial score (nSPS) is 24.0. The zero-order valence-electron chi connectivity index (χ0n) is 18.7. The quantitative estimate of drug-likeness (QED) is 0.361. The van der Waals surface area contributed by atoms with E-state index in [-0.39, 0.29) is 17.8 Å². The van der Waals surface area contributed by atoms with Gasteiger partial charge in [0.2, 0.25) is 0 Å². The molecule has 1 aliphatic rings. The summed E-state index contributed by atoms with van der Waals surface area (Å²) in [5, 5.41) is 49.1. The first-order chi connectivity index (χ1) is 17.2. The molecule has 10 nitrogen and oxygen atoms in total. The summed E-state index contributed by atoms with van der Waals surface area (Å²) in [5.74, 6) is -3.86. The molecule has 36 heavy (non-hydrogen) atoms. The van der Waals surface area contributed by atoms with Crippen molar-refractivity contribution in [3.63, 3.8) is 0 Å². The molecule has 1 amide bonds. The third-order valence-corrected chi connectivity index (χ3v) is 5.88. The van der Waals surface area contributed by atoms with Crippen LogP contribution in [0.15, 0.2) is 48.7 Å². The molecule has 4 rings (SSSR count). The molecule has 2 unspecified atom stereocenters. The van der Waals surface area contributed by atoms with Gasteiger partial charge in [0, 0.05) is 17.7 Å². The molecule has 0 aliphatic carbocycles. The summed E-state index contributed by atoms with van der Waals surface area (Å²) < 4.78 is 47.4. The van der Waals surface area contributed by atoms with Crippen LogP contribution in [0.1, 0.15) is 16.4 Å².